The van der Waals surface area contributed by atoms with E-state index in [9.17, 15) is 0 Å². The maximum atomic E-state index is 4.36. The van der Waals surface area contributed by atoms with Crippen molar-refractivity contribution in [1.82, 2.24) is 15.1 Å². The lowest BCUT2D eigenvalue weighted by molar-refractivity contribution is 0.275. The summed E-state index contributed by atoms with van der Waals surface area (Å²) in [6.45, 7) is 4.43. The molecular formula is C14H25N3. The van der Waals surface area contributed by atoms with Gasteiger partial charge in [0.1, 0.15) is 0 Å². The number of hydrogen-bond donors (Lipinski definition) is 1. The fourth-order valence-corrected chi connectivity index (χ4v) is 2.70. The quantitative estimate of drug-likeness (QED) is 0.795. The summed E-state index contributed by atoms with van der Waals surface area (Å²) in [5.41, 5.74) is 1.14. The molecule has 3 nitrogen and oxygen atoms in total. The fraction of sp³-hybridized carbons (Fsp3) is 0.786. The minimum absolute atomic E-state index is 0.907. The Morgan fingerprint density at radius 3 is 2.76 bits per heavy atom. The van der Waals surface area contributed by atoms with E-state index in [0.717, 1.165) is 30.6 Å². The monoisotopic (exact) mass is 235 g/mol. The molecule has 17 heavy (non-hydrogen) atoms. The van der Waals surface area contributed by atoms with Gasteiger partial charge in [0.15, 0.2) is 0 Å². The Balaban J connectivity index is 1.57. The average Bonchev–Trinajstić information content (AvgIpc) is 2.73. The summed E-state index contributed by atoms with van der Waals surface area (Å²) in [7, 11) is 1.96. The zero-order valence-corrected chi connectivity index (χ0v) is 11.2. The molecule has 0 aliphatic heterocycles. The Hall–Kier alpha value is -0.830. The van der Waals surface area contributed by atoms with E-state index in [1.807, 2.05) is 17.9 Å². The van der Waals surface area contributed by atoms with Gasteiger partial charge in [-0.05, 0) is 30.9 Å². The van der Waals surface area contributed by atoms with Gasteiger partial charge in [-0.25, -0.2) is 0 Å². The summed E-state index contributed by atoms with van der Waals surface area (Å²) in [6, 6.07) is 2.08. The van der Waals surface area contributed by atoms with Gasteiger partial charge in [-0.15, -0.1) is 0 Å². The van der Waals surface area contributed by atoms with Crippen LogP contribution in [0.2, 0.25) is 0 Å². The Morgan fingerprint density at radius 2 is 2.12 bits per heavy atom. The smallest absolute Gasteiger partial charge is 0.0762 e. The van der Waals surface area contributed by atoms with E-state index >= 15 is 0 Å². The van der Waals surface area contributed by atoms with Crippen molar-refractivity contribution in [2.24, 2.45) is 18.9 Å². The van der Waals surface area contributed by atoms with Gasteiger partial charge in [0.05, 0.1) is 5.69 Å². The topological polar surface area (TPSA) is 29.9 Å². The van der Waals surface area contributed by atoms with Gasteiger partial charge in [-0.2, -0.15) is 5.10 Å². The van der Waals surface area contributed by atoms with Crippen LogP contribution in [0.15, 0.2) is 12.3 Å². The van der Waals surface area contributed by atoms with Crippen molar-refractivity contribution < 1.29 is 0 Å². The third-order valence-corrected chi connectivity index (χ3v) is 3.94. The molecule has 1 aromatic heterocycles. The van der Waals surface area contributed by atoms with E-state index in [-0.39, 0.29) is 0 Å². The summed E-state index contributed by atoms with van der Waals surface area (Å²) in [6.07, 6.45) is 9.08. The zero-order chi connectivity index (χ0) is 12.1. The number of aryl methyl sites for hydroxylation is 1. The van der Waals surface area contributed by atoms with E-state index in [1.54, 1.807) is 0 Å². The molecule has 2 rings (SSSR count). The van der Waals surface area contributed by atoms with Crippen LogP contribution in [-0.4, -0.2) is 16.3 Å². The second kappa shape index (κ2) is 6.20. The average molecular weight is 235 g/mol. The lowest BCUT2D eigenvalue weighted by atomic mass is 9.81. The van der Waals surface area contributed by atoms with Crippen molar-refractivity contribution in [3.8, 4) is 0 Å². The minimum Gasteiger partial charge on any atom is -0.311 e. The molecule has 1 saturated carbocycles. The second-order valence-electron chi connectivity index (χ2n) is 5.57. The van der Waals surface area contributed by atoms with E-state index in [1.165, 1.54) is 32.1 Å². The Kier molecular flexibility index (Phi) is 4.60. The van der Waals surface area contributed by atoms with E-state index < -0.39 is 0 Å². The molecule has 0 spiro atoms. The normalized spacial score (nSPS) is 25.1. The predicted octanol–water partition coefficient (Wildman–Crippen LogP) is 2.73. The molecule has 1 heterocycles. The van der Waals surface area contributed by atoms with Crippen LogP contribution in [0.1, 0.15) is 44.7 Å². The first-order valence-electron chi connectivity index (χ1n) is 6.93. The molecule has 1 aromatic rings. The Labute approximate surface area is 105 Å². The number of aromatic nitrogens is 2. The molecule has 1 N–H and O–H groups in total. The lowest BCUT2D eigenvalue weighted by Gasteiger charge is -2.26. The highest BCUT2D eigenvalue weighted by Gasteiger charge is 2.17. The van der Waals surface area contributed by atoms with E-state index in [4.69, 9.17) is 0 Å². The third kappa shape index (κ3) is 4.15. The van der Waals surface area contributed by atoms with Gasteiger partial charge in [-0.1, -0.05) is 32.6 Å². The molecule has 0 amide bonds. The summed E-state index contributed by atoms with van der Waals surface area (Å²) in [5.74, 6) is 1.93. The standard InChI is InChI=1S/C14H25N3/c1-12-3-5-13(6-4-12)7-9-15-11-14-8-10-17(2)16-14/h8,10,12-13,15H,3-7,9,11H2,1-2H3. The first-order valence-corrected chi connectivity index (χ1v) is 6.93. The number of rotatable bonds is 5. The number of hydrogen-bond acceptors (Lipinski definition) is 2. The number of nitrogens with zero attached hydrogens (tertiary/aromatic N) is 2. The minimum atomic E-state index is 0.907. The lowest BCUT2D eigenvalue weighted by Crippen LogP contribution is -2.20. The zero-order valence-electron chi connectivity index (χ0n) is 11.2. The van der Waals surface area contributed by atoms with Crippen molar-refractivity contribution in [2.45, 2.75) is 45.6 Å². The van der Waals surface area contributed by atoms with Gasteiger partial charge in [0.2, 0.25) is 0 Å². The van der Waals surface area contributed by atoms with Crippen molar-refractivity contribution in [1.29, 1.82) is 0 Å². The Morgan fingerprint density at radius 1 is 1.35 bits per heavy atom. The van der Waals surface area contributed by atoms with Crippen LogP contribution >= 0.6 is 0 Å². The summed E-state index contributed by atoms with van der Waals surface area (Å²) in [4.78, 5) is 0. The van der Waals surface area contributed by atoms with Crippen LogP contribution in [0, 0.1) is 11.8 Å². The second-order valence-corrected chi connectivity index (χ2v) is 5.57. The van der Waals surface area contributed by atoms with Crippen LogP contribution in [0.3, 0.4) is 0 Å². The highest BCUT2D eigenvalue weighted by Crippen LogP contribution is 2.29. The molecule has 0 saturated heterocycles. The first-order chi connectivity index (χ1) is 8.24. The van der Waals surface area contributed by atoms with Crippen molar-refractivity contribution >= 4 is 0 Å². The van der Waals surface area contributed by atoms with Crippen LogP contribution in [0.25, 0.3) is 0 Å². The SMILES string of the molecule is CC1CCC(CCNCc2ccn(C)n2)CC1. The van der Waals surface area contributed by atoms with Crippen LogP contribution in [0.4, 0.5) is 0 Å². The largest absolute Gasteiger partial charge is 0.311 e. The third-order valence-electron chi connectivity index (χ3n) is 3.94. The van der Waals surface area contributed by atoms with Gasteiger partial charge in [0.25, 0.3) is 0 Å². The van der Waals surface area contributed by atoms with Crippen LogP contribution in [0.5, 0.6) is 0 Å². The van der Waals surface area contributed by atoms with Gasteiger partial charge >= 0.3 is 0 Å². The van der Waals surface area contributed by atoms with Crippen molar-refractivity contribution in [3.63, 3.8) is 0 Å². The molecule has 0 radical (unpaired) electrons. The van der Waals surface area contributed by atoms with Gasteiger partial charge in [-0.3, -0.25) is 4.68 Å². The molecular weight excluding hydrogens is 210 g/mol. The summed E-state index contributed by atoms with van der Waals surface area (Å²) >= 11 is 0. The highest BCUT2D eigenvalue weighted by atomic mass is 15.3. The molecule has 1 fully saturated rings. The molecule has 1 aliphatic carbocycles. The van der Waals surface area contributed by atoms with Crippen LogP contribution in [-0.2, 0) is 13.6 Å². The highest BCUT2D eigenvalue weighted by molar-refractivity contribution is 4.97. The van der Waals surface area contributed by atoms with E-state index in [0.29, 0.717) is 0 Å². The molecule has 0 aromatic carbocycles. The molecule has 0 unspecified atom stereocenters. The van der Waals surface area contributed by atoms with E-state index in [2.05, 4.69) is 23.4 Å². The van der Waals surface area contributed by atoms with Gasteiger partial charge in [0, 0.05) is 19.8 Å². The fourth-order valence-electron chi connectivity index (χ4n) is 2.70. The van der Waals surface area contributed by atoms with Crippen LogP contribution < -0.4 is 5.32 Å². The maximum Gasteiger partial charge on any atom is 0.0762 e. The van der Waals surface area contributed by atoms with Crippen molar-refractivity contribution in [2.75, 3.05) is 6.54 Å². The molecule has 1 aliphatic rings. The summed E-state index contributed by atoms with van der Waals surface area (Å²) in [5, 5.41) is 7.86. The molecule has 0 bridgehead atoms. The summed E-state index contributed by atoms with van der Waals surface area (Å²) < 4.78 is 1.86. The molecule has 3 heteroatoms. The first kappa shape index (κ1) is 12.6. The predicted molar refractivity (Wildman–Crippen MR) is 70.7 cm³/mol. The molecule has 0 atom stereocenters. The number of nitrogens with one attached hydrogen (secondary N) is 1. The van der Waals surface area contributed by atoms with Crippen molar-refractivity contribution in [3.05, 3.63) is 18.0 Å². The maximum absolute atomic E-state index is 4.36. The van der Waals surface area contributed by atoms with Gasteiger partial charge < -0.3 is 5.32 Å². The Bertz CT molecular complexity index is 324. The molecule has 96 valence electrons.